The van der Waals surface area contributed by atoms with Crippen molar-refractivity contribution in [2.45, 2.75) is 64.0 Å². The Balaban J connectivity index is 1.31. The van der Waals surface area contributed by atoms with E-state index in [2.05, 4.69) is 9.80 Å². The molecule has 2 atom stereocenters. The lowest BCUT2D eigenvalue weighted by atomic mass is 9.98. The van der Waals surface area contributed by atoms with Crippen LogP contribution < -0.4 is 19.3 Å². The van der Waals surface area contributed by atoms with Gasteiger partial charge in [-0.25, -0.2) is 4.39 Å². The molecule has 2 aliphatic rings. The molecule has 2 saturated heterocycles. The maximum atomic E-state index is 14.4. The molecule has 38 heavy (non-hydrogen) atoms. The van der Waals surface area contributed by atoms with Crippen LogP contribution >= 0.6 is 0 Å². The highest BCUT2D eigenvalue weighted by Crippen LogP contribution is 2.35. The van der Waals surface area contributed by atoms with Crippen LogP contribution in [-0.2, 0) is 9.53 Å². The largest absolute Gasteiger partial charge is 0.494 e. The van der Waals surface area contributed by atoms with E-state index < -0.39 is 5.97 Å². The van der Waals surface area contributed by atoms with E-state index in [1.165, 1.54) is 6.07 Å². The Labute approximate surface area is 225 Å². The quantitative estimate of drug-likeness (QED) is 0.332. The Morgan fingerprint density at radius 3 is 2.50 bits per heavy atom. The SMILES string of the molecule is CCOc1ccc(F)c(N2CCC(Oc3ccc(N4C[C@H](CCCCOC)C[C@@H]4CC(=O)O)cc3)CC2)c1. The van der Waals surface area contributed by atoms with Gasteiger partial charge in [0.15, 0.2) is 0 Å². The number of aliphatic carboxylic acids is 1. The van der Waals surface area contributed by atoms with Crippen LogP contribution in [0.1, 0.15) is 51.9 Å². The van der Waals surface area contributed by atoms with Gasteiger partial charge in [-0.1, -0.05) is 6.42 Å². The Hall–Kier alpha value is -3.00. The average Bonchev–Trinajstić information content (AvgIpc) is 3.30. The summed E-state index contributed by atoms with van der Waals surface area (Å²) in [5.41, 5.74) is 1.62. The number of halogens is 1. The monoisotopic (exact) mass is 528 g/mol. The lowest BCUT2D eigenvalue weighted by Crippen LogP contribution is -2.38. The second-order valence-corrected chi connectivity index (χ2v) is 10.3. The molecule has 8 heteroatoms. The molecule has 0 unspecified atom stereocenters. The first-order valence-electron chi connectivity index (χ1n) is 13.9. The van der Waals surface area contributed by atoms with E-state index in [9.17, 15) is 14.3 Å². The van der Waals surface area contributed by atoms with Crippen molar-refractivity contribution in [3.8, 4) is 11.5 Å². The fourth-order valence-electron chi connectivity index (χ4n) is 5.73. The van der Waals surface area contributed by atoms with Crippen molar-refractivity contribution < 1.29 is 28.5 Å². The number of ether oxygens (including phenoxy) is 3. The molecule has 0 amide bonds. The predicted octanol–water partition coefficient (Wildman–Crippen LogP) is 5.76. The fourth-order valence-corrected chi connectivity index (χ4v) is 5.73. The molecule has 0 aromatic heterocycles. The average molecular weight is 529 g/mol. The number of benzene rings is 2. The first kappa shape index (κ1) is 28.0. The highest BCUT2D eigenvalue weighted by Gasteiger charge is 2.33. The standard InChI is InChI=1S/C30H41FN2O5/c1-3-37-27-11-12-28(31)29(20-27)32-15-13-26(14-16-32)38-25-9-7-23(8-10-25)33-21-22(6-4-5-17-36-2)18-24(33)19-30(34)35/h7-12,20,22,24,26H,3-6,13-19,21H2,1-2H3,(H,34,35)/t22-,24-/m1/s1. The number of carboxylic acids is 1. The second kappa shape index (κ2) is 13.7. The van der Waals surface area contributed by atoms with Crippen molar-refractivity contribution >= 4 is 17.3 Å². The number of nitrogens with zero attached hydrogens (tertiary/aromatic N) is 2. The van der Waals surface area contributed by atoms with E-state index >= 15 is 0 Å². The third-order valence-electron chi connectivity index (χ3n) is 7.60. The van der Waals surface area contributed by atoms with Crippen molar-refractivity contribution in [2.24, 2.45) is 5.92 Å². The molecule has 2 aromatic carbocycles. The summed E-state index contributed by atoms with van der Waals surface area (Å²) in [5, 5.41) is 9.45. The number of hydrogen-bond acceptors (Lipinski definition) is 6. The molecule has 0 saturated carbocycles. The smallest absolute Gasteiger partial charge is 0.305 e. The molecule has 0 bridgehead atoms. The summed E-state index contributed by atoms with van der Waals surface area (Å²) in [4.78, 5) is 15.8. The van der Waals surface area contributed by atoms with Crippen molar-refractivity contribution in [1.82, 2.24) is 0 Å². The van der Waals surface area contributed by atoms with Crippen LogP contribution in [0.4, 0.5) is 15.8 Å². The van der Waals surface area contributed by atoms with Gasteiger partial charge in [-0.3, -0.25) is 4.79 Å². The number of carboxylic acid groups (broad SMARTS) is 1. The molecule has 0 radical (unpaired) electrons. The Morgan fingerprint density at radius 2 is 1.82 bits per heavy atom. The zero-order valence-electron chi connectivity index (χ0n) is 22.6. The van der Waals surface area contributed by atoms with Gasteiger partial charge in [0.25, 0.3) is 0 Å². The third kappa shape index (κ3) is 7.53. The first-order chi connectivity index (χ1) is 18.5. The van der Waals surface area contributed by atoms with Crippen LogP contribution in [0, 0.1) is 11.7 Å². The molecule has 2 fully saturated rings. The van der Waals surface area contributed by atoms with E-state index in [1.54, 1.807) is 19.2 Å². The van der Waals surface area contributed by atoms with E-state index in [0.717, 1.165) is 63.1 Å². The minimum absolute atomic E-state index is 0.0117. The molecule has 2 aromatic rings. The summed E-state index contributed by atoms with van der Waals surface area (Å²) < 4.78 is 31.4. The van der Waals surface area contributed by atoms with Crippen LogP contribution in [0.25, 0.3) is 0 Å². The van der Waals surface area contributed by atoms with Crippen LogP contribution in [-0.4, -0.2) is 63.2 Å². The number of anilines is 2. The molecule has 2 heterocycles. The second-order valence-electron chi connectivity index (χ2n) is 10.3. The van der Waals surface area contributed by atoms with Gasteiger partial charge < -0.3 is 29.1 Å². The Morgan fingerprint density at radius 1 is 1.08 bits per heavy atom. The van der Waals surface area contributed by atoms with Crippen LogP contribution in [0.5, 0.6) is 11.5 Å². The van der Waals surface area contributed by atoms with Crippen molar-refractivity contribution in [3.05, 3.63) is 48.3 Å². The number of hydrogen-bond donors (Lipinski definition) is 1. The first-order valence-corrected chi connectivity index (χ1v) is 13.9. The highest BCUT2D eigenvalue weighted by atomic mass is 19.1. The predicted molar refractivity (Wildman–Crippen MR) is 147 cm³/mol. The Bertz CT molecular complexity index is 1030. The van der Waals surface area contributed by atoms with E-state index in [0.29, 0.717) is 37.1 Å². The molecule has 2 aliphatic heterocycles. The zero-order valence-corrected chi connectivity index (χ0v) is 22.6. The summed E-state index contributed by atoms with van der Waals surface area (Å²) >= 11 is 0. The van der Waals surface area contributed by atoms with Gasteiger partial charge in [0.1, 0.15) is 23.4 Å². The fraction of sp³-hybridized carbons (Fsp3) is 0.567. The van der Waals surface area contributed by atoms with Crippen LogP contribution in [0.2, 0.25) is 0 Å². The normalized spacial score (nSPS) is 20.1. The lowest BCUT2D eigenvalue weighted by molar-refractivity contribution is -0.137. The topological polar surface area (TPSA) is 71.5 Å². The third-order valence-corrected chi connectivity index (χ3v) is 7.60. The van der Waals surface area contributed by atoms with Crippen LogP contribution in [0.3, 0.4) is 0 Å². The van der Waals surface area contributed by atoms with Crippen molar-refractivity contribution in [2.75, 3.05) is 49.8 Å². The van der Waals surface area contributed by atoms with Crippen LogP contribution in [0.15, 0.2) is 42.5 Å². The van der Waals surface area contributed by atoms with Gasteiger partial charge in [-0.15, -0.1) is 0 Å². The summed E-state index contributed by atoms with van der Waals surface area (Å²) in [5.74, 6) is 1.00. The minimum Gasteiger partial charge on any atom is -0.494 e. The number of rotatable bonds is 13. The zero-order chi connectivity index (χ0) is 26.9. The van der Waals surface area contributed by atoms with Gasteiger partial charge in [0.2, 0.25) is 0 Å². The number of piperidine rings is 1. The molecule has 4 rings (SSSR count). The molecule has 0 spiro atoms. The maximum absolute atomic E-state index is 14.4. The molecule has 0 aliphatic carbocycles. The maximum Gasteiger partial charge on any atom is 0.305 e. The molecular formula is C30H41FN2O5. The van der Waals surface area contributed by atoms with Gasteiger partial charge in [0, 0.05) is 64.0 Å². The molecule has 1 N–H and O–H groups in total. The van der Waals surface area contributed by atoms with E-state index in [4.69, 9.17) is 14.2 Å². The number of methoxy groups -OCH3 is 1. The summed E-state index contributed by atoms with van der Waals surface area (Å²) in [6, 6.07) is 13.0. The molecular weight excluding hydrogens is 487 g/mol. The molecule has 7 nitrogen and oxygen atoms in total. The van der Waals surface area contributed by atoms with Gasteiger partial charge in [-0.05, 0) is 68.5 Å². The van der Waals surface area contributed by atoms with Crippen molar-refractivity contribution in [3.63, 3.8) is 0 Å². The van der Waals surface area contributed by atoms with Crippen molar-refractivity contribution in [1.29, 1.82) is 0 Å². The summed E-state index contributed by atoms with van der Waals surface area (Å²) in [7, 11) is 1.72. The van der Waals surface area contributed by atoms with E-state index in [-0.39, 0.29) is 24.4 Å². The summed E-state index contributed by atoms with van der Waals surface area (Å²) in [6.45, 7) is 5.54. The summed E-state index contributed by atoms with van der Waals surface area (Å²) in [6.07, 6.45) is 5.96. The number of carbonyl (C=O) groups is 1. The number of unbranched alkanes of at least 4 members (excludes halogenated alkanes) is 1. The highest BCUT2D eigenvalue weighted by molar-refractivity contribution is 5.69. The van der Waals surface area contributed by atoms with Gasteiger partial charge >= 0.3 is 5.97 Å². The Kier molecular flexibility index (Phi) is 10.1. The van der Waals surface area contributed by atoms with Gasteiger partial charge in [-0.2, -0.15) is 0 Å². The minimum atomic E-state index is -0.754. The lowest BCUT2D eigenvalue weighted by Gasteiger charge is -2.34. The van der Waals surface area contributed by atoms with E-state index in [1.807, 2.05) is 31.2 Å². The molecule has 208 valence electrons. The van der Waals surface area contributed by atoms with Gasteiger partial charge in [0.05, 0.1) is 18.7 Å².